The van der Waals surface area contributed by atoms with Crippen LogP contribution in [0, 0.1) is 20.2 Å². The van der Waals surface area contributed by atoms with Crippen LogP contribution in [-0.4, -0.2) is 67.6 Å². The first-order chi connectivity index (χ1) is 11.3. The van der Waals surface area contributed by atoms with Crippen LogP contribution in [0.25, 0.3) is 0 Å². The highest BCUT2D eigenvalue weighted by atomic mass is 16.7. The molecule has 0 bridgehead atoms. The van der Waals surface area contributed by atoms with Gasteiger partial charge in [-0.2, -0.15) is 0 Å². The van der Waals surface area contributed by atoms with Crippen molar-refractivity contribution in [2.45, 2.75) is 30.7 Å². The van der Waals surface area contributed by atoms with Crippen molar-refractivity contribution in [1.82, 2.24) is 0 Å². The molecule has 1 fully saturated rings. The molecule has 1 aliphatic rings. The van der Waals surface area contributed by atoms with Crippen LogP contribution in [0.4, 0.5) is 11.4 Å². The number of nitro benzene ring substituents is 2. The van der Waals surface area contributed by atoms with Gasteiger partial charge in [0.1, 0.15) is 18.3 Å². The summed E-state index contributed by atoms with van der Waals surface area (Å²) in [6.07, 6.45) is -8.00. The molecule has 0 aromatic heterocycles. The van der Waals surface area contributed by atoms with E-state index in [0.29, 0.717) is 6.07 Å². The van der Waals surface area contributed by atoms with Crippen molar-refractivity contribution in [3.63, 3.8) is 0 Å². The van der Waals surface area contributed by atoms with Crippen LogP contribution in [-0.2, 0) is 4.74 Å². The van der Waals surface area contributed by atoms with Crippen molar-refractivity contribution in [3.05, 3.63) is 38.4 Å². The maximum atomic E-state index is 11.0. The molecule has 1 aromatic rings. The van der Waals surface area contributed by atoms with Gasteiger partial charge in [-0.25, -0.2) is 0 Å². The lowest BCUT2D eigenvalue weighted by molar-refractivity contribution is -0.395. The smallest absolute Gasteiger partial charge is 0.317 e. The average Bonchev–Trinajstić information content (AvgIpc) is 2.54. The normalized spacial score (nSPS) is 29.9. The summed E-state index contributed by atoms with van der Waals surface area (Å²) < 4.78 is 10.00. The maximum absolute atomic E-state index is 11.0. The zero-order valence-electron chi connectivity index (χ0n) is 12.0. The minimum atomic E-state index is -1.80. The second kappa shape index (κ2) is 7.02. The van der Waals surface area contributed by atoms with E-state index >= 15 is 0 Å². The number of nitro groups is 2. The predicted octanol–water partition coefficient (Wildman–Crippen LogP) is -1.32. The minimum Gasteiger partial charge on any atom is -0.475 e. The Morgan fingerprint density at radius 3 is 2.33 bits per heavy atom. The van der Waals surface area contributed by atoms with Gasteiger partial charge < -0.3 is 29.9 Å². The van der Waals surface area contributed by atoms with Crippen LogP contribution in [0.3, 0.4) is 0 Å². The summed E-state index contributed by atoms with van der Waals surface area (Å²) in [5.74, 6) is -0.466. The van der Waals surface area contributed by atoms with E-state index in [4.69, 9.17) is 14.6 Å². The Labute approximate surface area is 133 Å². The first kappa shape index (κ1) is 18.0. The molecule has 1 heterocycles. The molecule has 0 spiro atoms. The van der Waals surface area contributed by atoms with Crippen LogP contribution in [0.2, 0.25) is 0 Å². The number of hydrogen-bond acceptors (Lipinski definition) is 10. The largest absolute Gasteiger partial charge is 0.475 e. The van der Waals surface area contributed by atoms with Crippen LogP contribution in [0.1, 0.15) is 0 Å². The van der Waals surface area contributed by atoms with Gasteiger partial charge in [-0.1, -0.05) is 0 Å². The fraction of sp³-hybridized carbons (Fsp3) is 0.500. The monoisotopic (exact) mass is 346 g/mol. The third kappa shape index (κ3) is 3.42. The van der Waals surface area contributed by atoms with E-state index in [2.05, 4.69) is 0 Å². The molecule has 0 aliphatic carbocycles. The Kier molecular flexibility index (Phi) is 5.26. The van der Waals surface area contributed by atoms with E-state index < -0.39 is 64.3 Å². The van der Waals surface area contributed by atoms with Crippen molar-refractivity contribution >= 4 is 11.4 Å². The zero-order chi connectivity index (χ0) is 18.0. The Hall–Kier alpha value is -2.38. The lowest BCUT2D eigenvalue weighted by Gasteiger charge is -2.39. The molecule has 1 aliphatic heterocycles. The molecular formula is C12H14N2O10. The molecule has 0 amide bonds. The second-order valence-electron chi connectivity index (χ2n) is 4.98. The standard InChI is InChI=1S/C12H14N2O10/c15-4-8-9(16)10(17)11(12(18)24-8)23-7-2-1-5(13(19)20)3-6(7)14(21)22/h1-3,8-12,15-18H,4H2/t8-,9-,10+,11-,12-/m1/s1. The summed E-state index contributed by atoms with van der Waals surface area (Å²) in [6, 6.07) is 2.53. The summed E-state index contributed by atoms with van der Waals surface area (Å²) in [7, 11) is 0. The van der Waals surface area contributed by atoms with Crippen LogP contribution >= 0.6 is 0 Å². The number of rotatable bonds is 5. The number of non-ortho nitro benzene ring substituents is 1. The van der Waals surface area contributed by atoms with Crippen molar-refractivity contribution < 1.29 is 39.7 Å². The third-order valence-electron chi connectivity index (χ3n) is 3.46. The van der Waals surface area contributed by atoms with Crippen LogP contribution in [0.15, 0.2) is 18.2 Å². The predicted molar refractivity (Wildman–Crippen MR) is 74.1 cm³/mol. The van der Waals surface area contributed by atoms with Gasteiger partial charge in [0.2, 0.25) is 0 Å². The molecule has 1 saturated heterocycles. The van der Waals surface area contributed by atoms with E-state index in [1.807, 2.05) is 0 Å². The lowest BCUT2D eigenvalue weighted by atomic mass is 9.99. The molecule has 1 aromatic carbocycles. The third-order valence-corrected chi connectivity index (χ3v) is 3.46. The van der Waals surface area contributed by atoms with Gasteiger partial charge in [-0.3, -0.25) is 20.2 Å². The lowest BCUT2D eigenvalue weighted by Crippen LogP contribution is -2.60. The maximum Gasteiger partial charge on any atom is 0.317 e. The van der Waals surface area contributed by atoms with E-state index in [9.17, 15) is 35.5 Å². The fourth-order valence-electron chi connectivity index (χ4n) is 2.21. The second-order valence-corrected chi connectivity index (χ2v) is 4.98. The first-order valence-electron chi connectivity index (χ1n) is 6.66. The van der Waals surface area contributed by atoms with E-state index in [0.717, 1.165) is 12.1 Å². The van der Waals surface area contributed by atoms with E-state index in [1.165, 1.54) is 0 Å². The topological polar surface area (TPSA) is 186 Å². The van der Waals surface area contributed by atoms with Crippen LogP contribution < -0.4 is 4.74 Å². The molecule has 0 saturated carbocycles. The Morgan fingerprint density at radius 2 is 1.79 bits per heavy atom. The number of ether oxygens (including phenoxy) is 2. The number of aliphatic hydroxyl groups excluding tert-OH is 4. The first-order valence-corrected chi connectivity index (χ1v) is 6.66. The molecule has 132 valence electrons. The van der Waals surface area contributed by atoms with Gasteiger partial charge in [-0.05, 0) is 6.07 Å². The quantitative estimate of drug-likeness (QED) is 0.368. The molecular weight excluding hydrogens is 332 g/mol. The Bertz CT molecular complexity index is 638. The van der Waals surface area contributed by atoms with Gasteiger partial charge in [0.25, 0.3) is 5.69 Å². The SMILES string of the molecule is O=[N+]([O-])c1ccc(O[C@@H]2[C@@H](O)[C@H](O)[C@@H](CO)O[C@H]2O)c([N+](=O)[O-])c1. The zero-order valence-corrected chi connectivity index (χ0v) is 12.0. The number of hydrogen-bond donors (Lipinski definition) is 4. The highest BCUT2D eigenvalue weighted by molar-refractivity contribution is 5.53. The number of nitrogens with zero attached hydrogens (tertiary/aromatic N) is 2. The molecule has 2 rings (SSSR count). The van der Waals surface area contributed by atoms with Gasteiger partial charge in [0.15, 0.2) is 18.1 Å². The van der Waals surface area contributed by atoms with Gasteiger partial charge in [0, 0.05) is 6.07 Å². The highest BCUT2D eigenvalue weighted by Crippen LogP contribution is 2.34. The molecule has 4 N–H and O–H groups in total. The average molecular weight is 346 g/mol. The highest BCUT2D eigenvalue weighted by Gasteiger charge is 2.45. The summed E-state index contributed by atoms with van der Waals surface area (Å²) in [5, 5.41) is 60.2. The van der Waals surface area contributed by atoms with Crippen molar-refractivity contribution in [1.29, 1.82) is 0 Å². The van der Waals surface area contributed by atoms with Crippen LogP contribution in [0.5, 0.6) is 5.75 Å². The minimum absolute atomic E-state index is 0.466. The molecule has 5 atom stereocenters. The van der Waals surface area contributed by atoms with Gasteiger partial charge >= 0.3 is 5.69 Å². The summed E-state index contributed by atoms with van der Waals surface area (Å²) >= 11 is 0. The molecule has 0 radical (unpaired) electrons. The van der Waals surface area contributed by atoms with E-state index in [1.54, 1.807) is 0 Å². The summed E-state index contributed by atoms with van der Waals surface area (Å²) in [5.41, 5.74) is -1.31. The van der Waals surface area contributed by atoms with Crippen molar-refractivity contribution in [2.24, 2.45) is 0 Å². The molecule has 24 heavy (non-hydrogen) atoms. The van der Waals surface area contributed by atoms with Crippen molar-refractivity contribution in [3.8, 4) is 5.75 Å². The number of benzene rings is 1. The van der Waals surface area contributed by atoms with Gasteiger partial charge in [-0.15, -0.1) is 0 Å². The Balaban J connectivity index is 2.30. The molecule has 12 heteroatoms. The molecule has 12 nitrogen and oxygen atoms in total. The van der Waals surface area contributed by atoms with Gasteiger partial charge in [0.05, 0.1) is 22.5 Å². The summed E-state index contributed by atoms with van der Waals surface area (Å²) in [4.78, 5) is 19.9. The molecule has 0 unspecified atom stereocenters. The van der Waals surface area contributed by atoms with E-state index in [-0.39, 0.29) is 0 Å². The van der Waals surface area contributed by atoms with Crippen molar-refractivity contribution in [2.75, 3.05) is 6.61 Å². The summed E-state index contributed by atoms with van der Waals surface area (Å²) in [6.45, 7) is -0.681. The number of aliphatic hydroxyl groups is 4. The fourth-order valence-corrected chi connectivity index (χ4v) is 2.21. The Morgan fingerprint density at radius 1 is 1.12 bits per heavy atom.